The summed E-state index contributed by atoms with van der Waals surface area (Å²) in [6, 6.07) is 0. The third-order valence-corrected chi connectivity index (χ3v) is 6.24. The van der Waals surface area contributed by atoms with Crippen LogP contribution >= 0.6 is 11.6 Å². The minimum absolute atomic E-state index is 0.121. The van der Waals surface area contributed by atoms with Crippen molar-refractivity contribution in [1.29, 1.82) is 0 Å². The average Bonchev–Trinajstić information content (AvgIpc) is 3.03. The number of unbranched alkanes of at least 4 members (excludes halogenated alkanes) is 5. The number of carbonyl (C=O) groups is 1. The van der Waals surface area contributed by atoms with Gasteiger partial charge in [-0.15, -0.1) is 0 Å². The van der Waals surface area contributed by atoms with Crippen LogP contribution in [0.25, 0.3) is 0 Å². The van der Waals surface area contributed by atoms with Crippen molar-refractivity contribution in [3.63, 3.8) is 0 Å². The molecule has 0 radical (unpaired) electrons. The van der Waals surface area contributed by atoms with E-state index < -0.39 is 0 Å². The maximum Gasteiger partial charge on any atom is 0.234 e. The summed E-state index contributed by atoms with van der Waals surface area (Å²) in [7, 11) is 1.94. The first kappa shape index (κ1) is 29.3. The Labute approximate surface area is 207 Å². The molecule has 1 aliphatic carbocycles. The van der Waals surface area contributed by atoms with Gasteiger partial charge in [-0.2, -0.15) is 0 Å². The van der Waals surface area contributed by atoms with Gasteiger partial charge >= 0.3 is 0 Å². The van der Waals surface area contributed by atoms with Crippen LogP contribution in [0.5, 0.6) is 0 Å². The Hall–Kier alpha value is -1.78. The number of carbonyl (C=O) groups excluding carboxylic acids is 1. The molecule has 1 amide bonds. The summed E-state index contributed by atoms with van der Waals surface area (Å²) in [5, 5.41) is 7.19. The van der Waals surface area contributed by atoms with Crippen molar-refractivity contribution in [1.82, 2.24) is 15.5 Å². The number of nitrogens with one attached hydrogen (secondary N) is 2. The third-order valence-electron chi connectivity index (χ3n) is 5.96. The molecule has 0 saturated heterocycles. The van der Waals surface area contributed by atoms with Crippen LogP contribution in [0, 0.1) is 0 Å². The fourth-order valence-corrected chi connectivity index (χ4v) is 3.87. The highest BCUT2D eigenvalue weighted by Crippen LogP contribution is 2.18. The van der Waals surface area contributed by atoms with E-state index in [0.29, 0.717) is 6.54 Å². The number of hydrogen-bond acceptors (Lipinski definition) is 3. The van der Waals surface area contributed by atoms with Crippen molar-refractivity contribution in [2.45, 2.75) is 78.6 Å². The third kappa shape index (κ3) is 14.2. The van der Waals surface area contributed by atoms with Gasteiger partial charge < -0.3 is 10.6 Å². The Bertz CT molecular complexity index is 719. The summed E-state index contributed by atoms with van der Waals surface area (Å²) >= 11 is 6.14. The number of amides is 1. The van der Waals surface area contributed by atoms with Crippen LogP contribution in [0.15, 0.2) is 58.3 Å². The van der Waals surface area contributed by atoms with E-state index in [9.17, 15) is 4.79 Å². The van der Waals surface area contributed by atoms with Gasteiger partial charge in [0.1, 0.15) is 0 Å². The van der Waals surface area contributed by atoms with Gasteiger partial charge in [-0.3, -0.25) is 9.69 Å². The van der Waals surface area contributed by atoms with Gasteiger partial charge in [-0.25, -0.2) is 0 Å². The molecule has 0 spiro atoms. The Balaban J connectivity index is 2.62. The molecular formula is C28H46ClN3O. The van der Waals surface area contributed by atoms with E-state index in [1.807, 2.05) is 25.3 Å². The topological polar surface area (TPSA) is 44.4 Å². The van der Waals surface area contributed by atoms with Crippen molar-refractivity contribution < 1.29 is 4.79 Å². The molecule has 4 nitrogen and oxygen atoms in total. The van der Waals surface area contributed by atoms with Gasteiger partial charge in [0.05, 0.1) is 6.54 Å². The van der Waals surface area contributed by atoms with Crippen molar-refractivity contribution >= 4 is 17.5 Å². The Kier molecular flexibility index (Phi) is 16.5. The molecule has 186 valence electrons. The molecule has 0 aromatic carbocycles. The number of hydrogen-bond donors (Lipinski definition) is 2. The molecule has 33 heavy (non-hydrogen) atoms. The van der Waals surface area contributed by atoms with Crippen molar-refractivity contribution in [3.05, 3.63) is 58.3 Å². The largest absolute Gasteiger partial charge is 0.388 e. The second kappa shape index (κ2) is 18.6. The average molecular weight is 476 g/mol. The minimum Gasteiger partial charge on any atom is -0.388 e. The quantitative estimate of drug-likeness (QED) is 0.183. The number of halogens is 1. The highest BCUT2D eigenvalue weighted by Gasteiger charge is 2.11. The predicted molar refractivity (Wildman–Crippen MR) is 144 cm³/mol. The summed E-state index contributed by atoms with van der Waals surface area (Å²) in [6.07, 6.45) is 22.7. The van der Waals surface area contributed by atoms with E-state index >= 15 is 0 Å². The lowest BCUT2D eigenvalue weighted by Gasteiger charge is -2.21. The molecule has 0 heterocycles. The lowest BCUT2D eigenvalue weighted by atomic mass is 10.1. The van der Waals surface area contributed by atoms with E-state index in [0.717, 1.165) is 68.0 Å². The fourth-order valence-electron chi connectivity index (χ4n) is 3.72. The van der Waals surface area contributed by atoms with Crippen LogP contribution in [0.1, 0.15) is 78.6 Å². The second-order valence-electron chi connectivity index (χ2n) is 8.78. The van der Waals surface area contributed by atoms with Gasteiger partial charge in [0.2, 0.25) is 5.91 Å². The van der Waals surface area contributed by atoms with Crippen molar-refractivity contribution in [2.24, 2.45) is 0 Å². The molecule has 5 heteroatoms. The van der Waals surface area contributed by atoms with Crippen LogP contribution in [0.4, 0.5) is 0 Å². The normalized spacial score (nSPS) is 14.7. The lowest BCUT2D eigenvalue weighted by molar-refractivity contribution is -0.122. The van der Waals surface area contributed by atoms with Crippen LogP contribution in [-0.4, -0.2) is 44.0 Å². The fraction of sp³-hybridized carbons (Fsp3) is 0.607. The molecule has 0 aliphatic heterocycles. The molecule has 0 fully saturated rings. The molecule has 0 unspecified atom stereocenters. The SMILES string of the molecule is C/C=C(\C)CCCCNC(=O)CN(C/C=C(\NC)C1=CCC=C(Cl)C=C1)CCCCCCC. The highest BCUT2D eigenvalue weighted by atomic mass is 35.5. The standard InChI is InChI=1S/C28H46ClN3O/c1-5-7-8-9-12-21-32(23-28(33)31-20-11-10-14-24(3)6-2)22-19-27(30-4)25-15-13-16-26(29)18-17-25/h6,15-19,30H,5,7-14,20-23H2,1-4H3,(H,31,33)/b24-6+,27-19-. The van der Waals surface area contributed by atoms with Crippen LogP contribution in [0.2, 0.25) is 0 Å². The van der Waals surface area contributed by atoms with E-state index in [4.69, 9.17) is 11.6 Å². The Morgan fingerprint density at radius 3 is 2.64 bits per heavy atom. The number of nitrogens with zero attached hydrogens (tertiary/aromatic N) is 1. The summed E-state index contributed by atoms with van der Waals surface area (Å²) < 4.78 is 0. The predicted octanol–water partition coefficient (Wildman–Crippen LogP) is 6.62. The number of rotatable bonds is 17. The first-order valence-corrected chi connectivity index (χ1v) is 13.1. The van der Waals surface area contributed by atoms with E-state index in [1.54, 1.807) is 0 Å². The molecule has 0 saturated carbocycles. The first-order chi connectivity index (χ1) is 16.0. The summed E-state index contributed by atoms with van der Waals surface area (Å²) in [5.41, 5.74) is 3.62. The molecule has 0 atom stereocenters. The Morgan fingerprint density at radius 1 is 1.12 bits per heavy atom. The smallest absolute Gasteiger partial charge is 0.234 e. The molecular weight excluding hydrogens is 430 g/mol. The van der Waals surface area contributed by atoms with E-state index in [-0.39, 0.29) is 5.91 Å². The highest BCUT2D eigenvalue weighted by molar-refractivity contribution is 6.31. The minimum atomic E-state index is 0.121. The maximum atomic E-state index is 12.6. The van der Waals surface area contributed by atoms with Gasteiger partial charge in [-0.1, -0.05) is 74.1 Å². The van der Waals surface area contributed by atoms with Gasteiger partial charge in [0.15, 0.2) is 0 Å². The van der Waals surface area contributed by atoms with E-state index in [2.05, 4.69) is 54.5 Å². The molecule has 1 aliphatic rings. The zero-order valence-corrected chi connectivity index (χ0v) is 22.1. The van der Waals surface area contributed by atoms with Gasteiger partial charge in [0, 0.05) is 30.9 Å². The molecule has 1 rings (SSSR count). The first-order valence-electron chi connectivity index (χ1n) is 12.7. The van der Waals surface area contributed by atoms with Gasteiger partial charge in [-0.05, 0) is 70.2 Å². The summed E-state index contributed by atoms with van der Waals surface area (Å²) in [4.78, 5) is 14.9. The summed E-state index contributed by atoms with van der Waals surface area (Å²) in [5.74, 6) is 0.121. The molecule has 0 bridgehead atoms. The van der Waals surface area contributed by atoms with Gasteiger partial charge in [0.25, 0.3) is 0 Å². The van der Waals surface area contributed by atoms with Crippen molar-refractivity contribution in [3.8, 4) is 0 Å². The molecule has 2 N–H and O–H groups in total. The lowest BCUT2D eigenvalue weighted by Crippen LogP contribution is -2.38. The number of allylic oxidation sites excluding steroid dienone is 7. The van der Waals surface area contributed by atoms with Crippen molar-refractivity contribution in [2.75, 3.05) is 33.2 Å². The van der Waals surface area contributed by atoms with E-state index in [1.165, 1.54) is 31.3 Å². The monoisotopic (exact) mass is 475 g/mol. The van der Waals surface area contributed by atoms with Crippen LogP contribution < -0.4 is 10.6 Å². The van der Waals surface area contributed by atoms with Crippen LogP contribution in [0.3, 0.4) is 0 Å². The Morgan fingerprint density at radius 2 is 1.91 bits per heavy atom. The zero-order valence-electron chi connectivity index (χ0n) is 21.4. The second-order valence-corrected chi connectivity index (χ2v) is 9.21. The maximum absolute atomic E-state index is 12.6. The molecule has 0 aromatic heterocycles. The number of likely N-dealkylation sites (N-methyl/N-ethyl adjacent to an activating group) is 1. The zero-order chi connectivity index (χ0) is 24.3. The summed E-state index contributed by atoms with van der Waals surface area (Å²) in [6.45, 7) is 9.35. The molecule has 0 aromatic rings. The van der Waals surface area contributed by atoms with Crippen LogP contribution in [-0.2, 0) is 4.79 Å².